The summed E-state index contributed by atoms with van der Waals surface area (Å²) in [6, 6.07) is -1.96. The molecule has 0 aromatic heterocycles. The molecular weight excluding hydrogens is 239 g/mol. The number of ether oxygens (including phenoxy) is 2. The van der Waals surface area contributed by atoms with Crippen molar-refractivity contribution in [2.24, 2.45) is 0 Å². The molecule has 0 heterocycles. The van der Waals surface area contributed by atoms with Gasteiger partial charge in [0, 0.05) is 13.7 Å². The fraction of sp³-hybridized carbons (Fsp3) is 0.900. The summed E-state index contributed by atoms with van der Waals surface area (Å²) in [5.41, 5.74) is -0.832. The maximum Gasteiger partial charge on any atom is 0.408 e. The maximum atomic E-state index is 12.5. The van der Waals surface area contributed by atoms with Crippen molar-refractivity contribution in [3.05, 3.63) is 0 Å². The highest BCUT2D eigenvalue weighted by Gasteiger charge is 2.41. The Morgan fingerprint density at radius 3 is 2.18 bits per heavy atom. The molecule has 1 amide bonds. The van der Waals surface area contributed by atoms with E-state index >= 15 is 0 Å². The van der Waals surface area contributed by atoms with Gasteiger partial charge in [-0.05, 0) is 27.2 Å². The molecule has 0 fully saturated rings. The number of carbonyl (C=O) groups excluding carboxylic acids is 1. The molecule has 1 atom stereocenters. The fourth-order valence-electron chi connectivity index (χ4n) is 1.00. The highest BCUT2D eigenvalue weighted by atomic mass is 19.4. The zero-order chi connectivity index (χ0) is 13.7. The van der Waals surface area contributed by atoms with Gasteiger partial charge in [0.15, 0.2) is 0 Å². The van der Waals surface area contributed by atoms with E-state index in [1.54, 1.807) is 26.1 Å². The smallest absolute Gasteiger partial charge is 0.408 e. The Morgan fingerprint density at radius 1 is 1.29 bits per heavy atom. The first-order valence-electron chi connectivity index (χ1n) is 5.11. The zero-order valence-electron chi connectivity index (χ0n) is 10.4. The van der Waals surface area contributed by atoms with Crippen LogP contribution in [0.4, 0.5) is 18.0 Å². The lowest BCUT2D eigenvalue weighted by molar-refractivity contribution is -0.158. The number of amides is 1. The van der Waals surface area contributed by atoms with E-state index in [4.69, 9.17) is 4.74 Å². The molecule has 0 aliphatic rings. The van der Waals surface area contributed by atoms with Crippen molar-refractivity contribution in [2.45, 2.75) is 45.0 Å². The Labute approximate surface area is 98.5 Å². The van der Waals surface area contributed by atoms with Crippen LogP contribution in [0.2, 0.25) is 0 Å². The number of rotatable bonds is 4. The number of alkyl halides is 3. The van der Waals surface area contributed by atoms with Crippen LogP contribution in [0, 0.1) is 0 Å². The van der Waals surface area contributed by atoms with Crippen LogP contribution >= 0.6 is 0 Å². The highest BCUT2D eigenvalue weighted by molar-refractivity contribution is 5.68. The third-order valence-electron chi connectivity index (χ3n) is 1.70. The Morgan fingerprint density at radius 2 is 1.82 bits per heavy atom. The zero-order valence-corrected chi connectivity index (χ0v) is 10.4. The molecule has 1 unspecified atom stereocenters. The number of carbonyl (C=O) groups is 1. The Bertz CT molecular complexity index is 248. The van der Waals surface area contributed by atoms with Gasteiger partial charge < -0.3 is 14.8 Å². The lowest BCUT2D eigenvalue weighted by Gasteiger charge is -2.24. The third-order valence-corrected chi connectivity index (χ3v) is 1.70. The molecule has 0 aliphatic carbocycles. The van der Waals surface area contributed by atoms with E-state index in [1.165, 1.54) is 7.11 Å². The summed E-state index contributed by atoms with van der Waals surface area (Å²) in [6.07, 6.45) is -5.95. The monoisotopic (exact) mass is 257 g/mol. The van der Waals surface area contributed by atoms with Gasteiger partial charge >= 0.3 is 12.3 Å². The summed E-state index contributed by atoms with van der Waals surface area (Å²) in [6.45, 7) is 4.62. The standard InChI is InChI=1S/C10H18F3NO3/c1-9(2,3)17-8(15)14-7(5-6-16-4)10(11,12)13/h7H,5-6H2,1-4H3,(H,14,15). The Hall–Kier alpha value is -0.980. The molecule has 102 valence electrons. The van der Waals surface area contributed by atoms with Crippen molar-refractivity contribution in [1.82, 2.24) is 5.32 Å². The van der Waals surface area contributed by atoms with Crippen molar-refractivity contribution in [1.29, 1.82) is 0 Å². The molecule has 17 heavy (non-hydrogen) atoms. The van der Waals surface area contributed by atoms with E-state index < -0.39 is 23.9 Å². The van der Waals surface area contributed by atoms with E-state index in [-0.39, 0.29) is 13.0 Å². The largest absolute Gasteiger partial charge is 0.444 e. The summed E-state index contributed by atoms with van der Waals surface area (Å²) in [5.74, 6) is 0. The molecule has 0 aromatic carbocycles. The number of halogens is 3. The van der Waals surface area contributed by atoms with Crippen molar-refractivity contribution < 1.29 is 27.4 Å². The van der Waals surface area contributed by atoms with Gasteiger partial charge in [-0.15, -0.1) is 0 Å². The predicted molar refractivity (Wildman–Crippen MR) is 55.7 cm³/mol. The first-order valence-corrected chi connectivity index (χ1v) is 5.11. The van der Waals surface area contributed by atoms with E-state index in [0.717, 1.165) is 0 Å². The lowest BCUT2D eigenvalue weighted by Crippen LogP contribution is -2.47. The van der Waals surface area contributed by atoms with Gasteiger partial charge in [-0.25, -0.2) is 4.79 Å². The number of alkyl carbamates (subject to hydrolysis) is 1. The molecular formula is C10H18F3NO3. The van der Waals surface area contributed by atoms with Crippen LogP contribution in [-0.4, -0.2) is 37.6 Å². The number of hydrogen-bond donors (Lipinski definition) is 1. The Kier molecular flexibility index (Phi) is 5.74. The molecule has 0 saturated heterocycles. The molecule has 0 radical (unpaired) electrons. The summed E-state index contributed by atoms with van der Waals surface area (Å²) in [5, 5.41) is 1.78. The first kappa shape index (κ1) is 16.0. The summed E-state index contributed by atoms with van der Waals surface area (Å²) >= 11 is 0. The van der Waals surface area contributed by atoms with E-state index in [2.05, 4.69) is 4.74 Å². The molecule has 0 saturated carbocycles. The minimum atomic E-state index is -4.52. The second kappa shape index (κ2) is 6.09. The molecule has 0 bridgehead atoms. The minimum Gasteiger partial charge on any atom is -0.444 e. The quantitative estimate of drug-likeness (QED) is 0.841. The van der Waals surface area contributed by atoms with Gasteiger partial charge in [0.05, 0.1) is 0 Å². The van der Waals surface area contributed by atoms with Gasteiger partial charge in [-0.1, -0.05) is 0 Å². The van der Waals surface area contributed by atoms with E-state index in [0.29, 0.717) is 0 Å². The molecule has 0 aliphatic heterocycles. The summed E-state index contributed by atoms with van der Waals surface area (Å²) < 4.78 is 46.8. The average molecular weight is 257 g/mol. The van der Waals surface area contributed by atoms with Crippen molar-refractivity contribution in [3.63, 3.8) is 0 Å². The molecule has 0 aromatic rings. The summed E-state index contributed by atoms with van der Waals surface area (Å²) in [7, 11) is 1.29. The van der Waals surface area contributed by atoms with Crippen LogP contribution in [0.1, 0.15) is 27.2 Å². The first-order chi connectivity index (χ1) is 7.56. The van der Waals surface area contributed by atoms with Gasteiger partial charge in [0.2, 0.25) is 0 Å². The van der Waals surface area contributed by atoms with Gasteiger partial charge in [0.1, 0.15) is 11.6 Å². The lowest BCUT2D eigenvalue weighted by atomic mass is 10.2. The second-order valence-corrected chi connectivity index (χ2v) is 4.52. The molecule has 0 spiro atoms. The third kappa shape index (κ3) is 7.84. The Balaban J connectivity index is 4.39. The fourth-order valence-corrected chi connectivity index (χ4v) is 1.00. The topological polar surface area (TPSA) is 47.6 Å². The van der Waals surface area contributed by atoms with Gasteiger partial charge in [0.25, 0.3) is 0 Å². The van der Waals surface area contributed by atoms with Crippen LogP contribution in [0.25, 0.3) is 0 Å². The van der Waals surface area contributed by atoms with Crippen LogP contribution in [0.5, 0.6) is 0 Å². The van der Waals surface area contributed by atoms with Crippen molar-refractivity contribution in [3.8, 4) is 0 Å². The average Bonchev–Trinajstić information content (AvgIpc) is 2.07. The van der Waals surface area contributed by atoms with Crippen LogP contribution in [0.15, 0.2) is 0 Å². The second-order valence-electron chi connectivity index (χ2n) is 4.52. The van der Waals surface area contributed by atoms with E-state index in [1.807, 2.05) is 0 Å². The molecule has 7 heteroatoms. The maximum absolute atomic E-state index is 12.5. The normalized spacial score (nSPS) is 14.3. The number of hydrogen-bond acceptors (Lipinski definition) is 3. The minimum absolute atomic E-state index is 0.0972. The van der Waals surface area contributed by atoms with Crippen LogP contribution < -0.4 is 5.32 Å². The van der Waals surface area contributed by atoms with Gasteiger partial charge in [-0.2, -0.15) is 13.2 Å². The SMILES string of the molecule is COCCC(NC(=O)OC(C)(C)C)C(F)(F)F. The molecule has 4 nitrogen and oxygen atoms in total. The summed E-state index contributed by atoms with van der Waals surface area (Å²) in [4.78, 5) is 11.2. The van der Waals surface area contributed by atoms with Crippen molar-refractivity contribution in [2.75, 3.05) is 13.7 Å². The van der Waals surface area contributed by atoms with Crippen LogP contribution in [-0.2, 0) is 9.47 Å². The number of nitrogens with one attached hydrogen (secondary N) is 1. The van der Waals surface area contributed by atoms with Crippen molar-refractivity contribution >= 4 is 6.09 Å². The van der Waals surface area contributed by atoms with E-state index in [9.17, 15) is 18.0 Å². The molecule has 1 N–H and O–H groups in total. The molecule has 0 rings (SSSR count). The van der Waals surface area contributed by atoms with Gasteiger partial charge in [-0.3, -0.25) is 0 Å². The predicted octanol–water partition coefficient (Wildman–Crippen LogP) is 2.48. The number of methoxy groups -OCH3 is 1. The highest BCUT2D eigenvalue weighted by Crippen LogP contribution is 2.23. The van der Waals surface area contributed by atoms with Crippen LogP contribution in [0.3, 0.4) is 0 Å².